The standard InChI is InChI=1S/C13H14N2O2S/c1-9-8-18-13(14-9)15(2)12(16)10-6-4-5-7-11(10)17-3/h4-8H,1-3H3. The van der Waals surface area contributed by atoms with E-state index in [2.05, 4.69) is 4.98 Å². The van der Waals surface area contributed by atoms with Crippen LogP contribution in [0.1, 0.15) is 16.1 Å². The highest BCUT2D eigenvalue weighted by atomic mass is 32.1. The molecular weight excluding hydrogens is 248 g/mol. The quantitative estimate of drug-likeness (QED) is 0.854. The average Bonchev–Trinajstić information content (AvgIpc) is 2.83. The number of carbonyl (C=O) groups is 1. The minimum atomic E-state index is -0.123. The predicted octanol–water partition coefficient (Wildman–Crippen LogP) is 2.74. The minimum absolute atomic E-state index is 0.123. The van der Waals surface area contributed by atoms with Gasteiger partial charge in [0.25, 0.3) is 5.91 Å². The maximum absolute atomic E-state index is 12.3. The van der Waals surface area contributed by atoms with E-state index < -0.39 is 0 Å². The SMILES string of the molecule is COc1ccccc1C(=O)N(C)c1nc(C)cs1. The molecule has 0 N–H and O–H groups in total. The second kappa shape index (κ2) is 5.18. The molecule has 2 aromatic rings. The predicted molar refractivity (Wildman–Crippen MR) is 72.6 cm³/mol. The molecule has 0 aliphatic carbocycles. The van der Waals surface area contributed by atoms with Gasteiger partial charge in [0.05, 0.1) is 18.4 Å². The largest absolute Gasteiger partial charge is 0.496 e. The van der Waals surface area contributed by atoms with Crippen LogP contribution >= 0.6 is 11.3 Å². The summed E-state index contributed by atoms with van der Waals surface area (Å²) < 4.78 is 5.19. The van der Waals surface area contributed by atoms with E-state index in [1.165, 1.54) is 16.2 Å². The fourth-order valence-electron chi connectivity index (χ4n) is 1.58. The van der Waals surface area contributed by atoms with E-state index in [1.54, 1.807) is 26.3 Å². The van der Waals surface area contributed by atoms with Gasteiger partial charge in [-0.15, -0.1) is 11.3 Å². The summed E-state index contributed by atoms with van der Waals surface area (Å²) >= 11 is 1.45. The van der Waals surface area contributed by atoms with Crippen LogP contribution in [0, 0.1) is 6.92 Å². The number of hydrogen-bond donors (Lipinski definition) is 0. The van der Waals surface area contributed by atoms with Crippen LogP contribution in [0.2, 0.25) is 0 Å². The maximum Gasteiger partial charge on any atom is 0.263 e. The topological polar surface area (TPSA) is 42.4 Å². The van der Waals surface area contributed by atoms with E-state index in [-0.39, 0.29) is 5.91 Å². The van der Waals surface area contributed by atoms with Gasteiger partial charge in [0, 0.05) is 12.4 Å². The molecule has 0 aliphatic heterocycles. The summed E-state index contributed by atoms with van der Waals surface area (Å²) in [6, 6.07) is 7.17. The number of methoxy groups -OCH3 is 1. The number of ether oxygens (including phenoxy) is 1. The zero-order valence-electron chi connectivity index (χ0n) is 10.5. The molecule has 0 fully saturated rings. The molecule has 0 unspecified atom stereocenters. The summed E-state index contributed by atoms with van der Waals surface area (Å²) in [5.74, 6) is 0.449. The Labute approximate surface area is 110 Å². The second-order valence-electron chi connectivity index (χ2n) is 3.84. The fourth-order valence-corrected chi connectivity index (χ4v) is 2.35. The van der Waals surface area contributed by atoms with Crippen LogP contribution in [0.5, 0.6) is 5.75 Å². The monoisotopic (exact) mass is 262 g/mol. The molecule has 0 bridgehead atoms. The second-order valence-corrected chi connectivity index (χ2v) is 4.67. The molecule has 2 rings (SSSR count). The van der Waals surface area contributed by atoms with Crippen molar-refractivity contribution < 1.29 is 9.53 Å². The van der Waals surface area contributed by atoms with Gasteiger partial charge in [0.1, 0.15) is 5.75 Å². The number of benzene rings is 1. The highest BCUT2D eigenvalue weighted by molar-refractivity contribution is 7.14. The number of anilines is 1. The first-order valence-electron chi connectivity index (χ1n) is 5.46. The zero-order valence-corrected chi connectivity index (χ0v) is 11.3. The summed E-state index contributed by atoms with van der Waals surface area (Å²) in [6.45, 7) is 1.90. The zero-order chi connectivity index (χ0) is 13.1. The lowest BCUT2D eigenvalue weighted by Crippen LogP contribution is -2.26. The van der Waals surface area contributed by atoms with Crippen molar-refractivity contribution in [2.45, 2.75) is 6.92 Å². The molecule has 1 aromatic heterocycles. The van der Waals surface area contributed by atoms with Gasteiger partial charge in [-0.2, -0.15) is 0 Å². The van der Waals surface area contributed by atoms with Gasteiger partial charge in [-0.1, -0.05) is 12.1 Å². The molecule has 94 valence electrons. The third-order valence-electron chi connectivity index (χ3n) is 2.54. The number of aryl methyl sites for hydroxylation is 1. The van der Waals surface area contributed by atoms with Crippen molar-refractivity contribution in [1.82, 2.24) is 4.98 Å². The summed E-state index contributed by atoms with van der Waals surface area (Å²) in [4.78, 5) is 18.2. The van der Waals surface area contributed by atoms with E-state index in [4.69, 9.17) is 4.74 Å². The molecule has 4 nitrogen and oxygen atoms in total. The minimum Gasteiger partial charge on any atom is -0.496 e. The van der Waals surface area contributed by atoms with Crippen molar-refractivity contribution in [2.24, 2.45) is 0 Å². The van der Waals surface area contributed by atoms with E-state index in [9.17, 15) is 4.79 Å². The van der Waals surface area contributed by atoms with Crippen molar-refractivity contribution in [3.8, 4) is 5.75 Å². The van der Waals surface area contributed by atoms with Crippen molar-refractivity contribution in [1.29, 1.82) is 0 Å². The molecular formula is C13H14N2O2S. The van der Waals surface area contributed by atoms with Crippen LogP contribution in [0.15, 0.2) is 29.6 Å². The summed E-state index contributed by atoms with van der Waals surface area (Å²) in [7, 11) is 3.27. The molecule has 1 amide bonds. The Bertz CT molecular complexity index is 566. The Kier molecular flexibility index (Phi) is 3.62. The Morgan fingerprint density at radius 1 is 1.39 bits per heavy atom. The van der Waals surface area contributed by atoms with E-state index in [1.807, 2.05) is 24.4 Å². The molecule has 0 spiro atoms. The van der Waals surface area contributed by atoms with Crippen molar-refractivity contribution in [2.75, 3.05) is 19.1 Å². The van der Waals surface area contributed by atoms with Crippen LogP contribution in [-0.2, 0) is 0 Å². The highest BCUT2D eigenvalue weighted by Gasteiger charge is 2.19. The Hall–Kier alpha value is -1.88. The smallest absolute Gasteiger partial charge is 0.263 e. The van der Waals surface area contributed by atoms with Crippen molar-refractivity contribution in [3.05, 3.63) is 40.9 Å². The molecule has 18 heavy (non-hydrogen) atoms. The first kappa shape index (κ1) is 12.6. The summed E-state index contributed by atoms with van der Waals surface area (Å²) in [6.07, 6.45) is 0. The number of amides is 1. The first-order valence-corrected chi connectivity index (χ1v) is 6.34. The first-order chi connectivity index (χ1) is 8.63. The van der Waals surface area contributed by atoms with Crippen LogP contribution < -0.4 is 9.64 Å². The molecule has 1 heterocycles. The van der Waals surface area contributed by atoms with Gasteiger partial charge in [0.2, 0.25) is 0 Å². The van der Waals surface area contributed by atoms with Gasteiger partial charge in [-0.3, -0.25) is 9.69 Å². The van der Waals surface area contributed by atoms with Gasteiger partial charge in [0.15, 0.2) is 5.13 Å². The third kappa shape index (κ3) is 2.36. The highest BCUT2D eigenvalue weighted by Crippen LogP contribution is 2.24. The van der Waals surface area contributed by atoms with E-state index >= 15 is 0 Å². The molecule has 0 saturated carbocycles. The normalized spacial score (nSPS) is 10.2. The van der Waals surface area contributed by atoms with Crippen LogP contribution in [0.4, 0.5) is 5.13 Å². The van der Waals surface area contributed by atoms with Gasteiger partial charge >= 0.3 is 0 Å². The Morgan fingerprint density at radius 3 is 2.72 bits per heavy atom. The number of thiazole rings is 1. The van der Waals surface area contributed by atoms with E-state index in [0.29, 0.717) is 16.4 Å². The molecule has 5 heteroatoms. The van der Waals surface area contributed by atoms with Gasteiger partial charge in [-0.25, -0.2) is 4.98 Å². The van der Waals surface area contributed by atoms with Crippen LogP contribution in [-0.4, -0.2) is 25.0 Å². The Morgan fingerprint density at radius 2 is 2.11 bits per heavy atom. The number of para-hydroxylation sites is 1. The lowest BCUT2D eigenvalue weighted by Gasteiger charge is -2.15. The van der Waals surface area contributed by atoms with Crippen LogP contribution in [0.25, 0.3) is 0 Å². The van der Waals surface area contributed by atoms with Gasteiger partial charge < -0.3 is 4.74 Å². The number of hydrogen-bond acceptors (Lipinski definition) is 4. The van der Waals surface area contributed by atoms with E-state index in [0.717, 1.165) is 5.69 Å². The molecule has 0 aliphatic rings. The lowest BCUT2D eigenvalue weighted by atomic mass is 10.2. The average molecular weight is 262 g/mol. The number of nitrogens with zero attached hydrogens (tertiary/aromatic N) is 2. The van der Waals surface area contributed by atoms with Crippen LogP contribution in [0.3, 0.4) is 0 Å². The van der Waals surface area contributed by atoms with Gasteiger partial charge in [-0.05, 0) is 19.1 Å². The molecule has 0 radical (unpaired) electrons. The number of rotatable bonds is 3. The summed E-state index contributed by atoms with van der Waals surface area (Å²) in [5.41, 5.74) is 1.45. The van der Waals surface area contributed by atoms with Crippen molar-refractivity contribution in [3.63, 3.8) is 0 Å². The summed E-state index contributed by atoms with van der Waals surface area (Å²) in [5, 5.41) is 2.60. The van der Waals surface area contributed by atoms with Crippen molar-refractivity contribution >= 4 is 22.4 Å². The molecule has 1 aromatic carbocycles. The Balaban J connectivity index is 2.31. The lowest BCUT2D eigenvalue weighted by molar-refractivity contribution is 0.0990. The number of aromatic nitrogens is 1. The molecule has 0 saturated heterocycles. The number of carbonyl (C=O) groups excluding carboxylic acids is 1. The maximum atomic E-state index is 12.3. The third-order valence-corrected chi connectivity index (χ3v) is 3.57. The fraction of sp³-hybridized carbons (Fsp3) is 0.231. The molecule has 0 atom stereocenters.